The van der Waals surface area contributed by atoms with E-state index in [4.69, 9.17) is 17.3 Å². The van der Waals surface area contributed by atoms with E-state index in [1.54, 1.807) is 12.1 Å². The summed E-state index contributed by atoms with van der Waals surface area (Å²) in [6.07, 6.45) is 6.78. The van der Waals surface area contributed by atoms with Gasteiger partial charge in [0, 0.05) is 16.3 Å². The highest BCUT2D eigenvalue weighted by Crippen LogP contribution is 2.36. The van der Waals surface area contributed by atoms with Gasteiger partial charge in [-0.3, -0.25) is 0 Å². The molecule has 1 aromatic rings. The van der Waals surface area contributed by atoms with Crippen LogP contribution in [0.15, 0.2) is 18.2 Å². The molecule has 1 aromatic carbocycles. The van der Waals surface area contributed by atoms with Gasteiger partial charge in [0.05, 0.1) is 6.10 Å². The van der Waals surface area contributed by atoms with E-state index in [9.17, 15) is 5.11 Å². The maximum Gasteiger partial charge on any atom is 0.0838 e. The van der Waals surface area contributed by atoms with Crippen LogP contribution in [0.5, 0.6) is 0 Å². The summed E-state index contributed by atoms with van der Waals surface area (Å²) in [5.41, 5.74) is 7.36. The van der Waals surface area contributed by atoms with Crippen LogP contribution in [0.2, 0.25) is 5.02 Å². The number of rotatable bonds is 2. The van der Waals surface area contributed by atoms with Gasteiger partial charge < -0.3 is 10.8 Å². The molecule has 0 radical (unpaired) electrons. The van der Waals surface area contributed by atoms with Crippen molar-refractivity contribution in [2.45, 2.75) is 44.6 Å². The number of halogens is 1. The van der Waals surface area contributed by atoms with Crippen LogP contribution in [0.4, 0.5) is 5.69 Å². The first-order valence-electron chi connectivity index (χ1n) is 6.41. The van der Waals surface area contributed by atoms with Gasteiger partial charge >= 0.3 is 0 Å². The van der Waals surface area contributed by atoms with Crippen molar-refractivity contribution in [3.8, 4) is 0 Å². The van der Waals surface area contributed by atoms with Gasteiger partial charge in [0.25, 0.3) is 0 Å². The first-order chi connectivity index (χ1) is 8.18. The van der Waals surface area contributed by atoms with E-state index in [0.29, 0.717) is 16.6 Å². The van der Waals surface area contributed by atoms with Crippen LogP contribution in [0.25, 0.3) is 0 Å². The fourth-order valence-electron chi connectivity index (χ4n) is 2.70. The number of anilines is 1. The number of aliphatic hydroxyl groups is 1. The highest BCUT2D eigenvalue weighted by Gasteiger charge is 2.23. The predicted octanol–water partition coefficient (Wildman–Crippen LogP) is 3.93. The third-order valence-corrected chi connectivity index (χ3v) is 3.95. The molecule has 1 aliphatic carbocycles. The Morgan fingerprint density at radius 1 is 1.18 bits per heavy atom. The molecule has 0 spiro atoms. The number of nitrogens with two attached hydrogens (primary N) is 1. The number of aliphatic hydroxyl groups excluding tert-OH is 1. The maximum absolute atomic E-state index is 10.4. The van der Waals surface area contributed by atoms with Gasteiger partial charge in [-0.25, -0.2) is 0 Å². The molecule has 1 fully saturated rings. The molecule has 1 unspecified atom stereocenters. The predicted molar refractivity (Wildman–Crippen MR) is 72.0 cm³/mol. The molecule has 0 heterocycles. The van der Waals surface area contributed by atoms with Gasteiger partial charge in [0.2, 0.25) is 0 Å². The number of hydrogen-bond donors (Lipinski definition) is 2. The quantitative estimate of drug-likeness (QED) is 0.620. The van der Waals surface area contributed by atoms with Crippen LogP contribution in [0, 0.1) is 5.92 Å². The molecule has 1 atom stereocenters. The van der Waals surface area contributed by atoms with E-state index in [1.165, 1.54) is 25.7 Å². The summed E-state index contributed by atoms with van der Waals surface area (Å²) < 4.78 is 0. The molecule has 94 valence electrons. The highest BCUT2D eigenvalue weighted by atomic mass is 35.5. The topological polar surface area (TPSA) is 46.2 Å². The summed E-state index contributed by atoms with van der Waals surface area (Å²) in [5.74, 6) is 0.348. The van der Waals surface area contributed by atoms with Gasteiger partial charge in [-0.15, -0.1) is 0 Å². The second kappa shape index (κ2) is 5.74. The minimum Gasteiger partial charge on any atom is -0.398 e. The summed E-state index contributed by atoms with van der Waals surface area (Å²) >= 11 is 5.87. The first kappa shape index (κ1) is 12.7. The second-order valence-electron chi connectivity index (χ2n) is 4.97. The van der Waals surface area contributed by atoms with Crippen molar-refractivity contribution in [2.24, 2.45) is 5.92 Å². The van der Waals surface area contributed by atoms with Crippen LogP contribution in [-0.2, 0) is 0 Å². The summed E-state index contributed by atoms with van der Waals surface area (Å²) in [4.78, 5) is 0. The molecule has 0 bridgehead atoms. The lowest BCUT2D eigenvalue weighted by molar-refractivity contribution is 0.0994. The van der Waals surface area contributed by atoms with Gasteiger partial charge in [-0.05, 0) is 30.9 Å². The monoisotopic (exact) mass is 253 g/mol. The van der Waals surface area contributed by atoms with E-state index in [1.807, 2.05) is 6.07 Å². The Labute approximate surface area is 108 Å². The highest BCUT2D eigenvalue weighted by molar-refractivity contribution is 6.30. The number of nitrogen functional groups attached to an aromatic ring is 1. The molecular weight excluding hydrogens is 234 g/mol. The van der Waals surface area contributed by atoms with Gasteiger partial charge in [0.15, 0.2) is 0 Å². The van der Waals surface area contributed by atoms with Crippen LogP contribution in [0.1, 0.15) is 50.2 Å². The maximum atomic E-state index is 10.4. The fourth-order valence-corrected chi connectivity index (χ4v) is 2.88. The lowest BCUT2D eigenvalue weighted by Gasteiger charge is -2.22. The van der Waals surface area contributed by atoms with Crippen molar-refractivity contribution >= 4 is 17.3 Å². The van der Waals surface area contributed by atoms with Crippen molar-refractivity contribution in [3.63, 3.8) is 0 Å². The van der Waals surface area contributed by atoms with Crippen molar-refractivity contribution in [3.05, 3.63) is 28.8 Å². The summed E-state index contributed by atoms with van der Waals surface area (Å²) in [6, 6.07) is 5.37. The second-order valence-corrected chi connectivity index (χ2v) is 5.41. The van der Waals surface area contributed by atoms with E-state index in [0.717, 1.165) is 18.4 Å². The van der Waals surface area contributed by atoms with Gasteiger partial charge in [0.1, 0.15) is 0 Å². The Morgan fingerprint density at radius 3 is 2.41 bits per heavy atom. The van der Waals surface area contributed by atoms with Crippen molar-refractivity contribution in [2.75, 3.05) is 5.73 Å². The average molecular weight is 254 g/mol. The molecule has 3 N–H and O–H groups in total. The normalized spacial score (nSPS) is 19.9. The molecule has 0 amide bonds. The SMILES string of the molecule is Nc1cc(Cl)ccc1C(O)C1CCCCCC1. The van der Waals surface area contributed by atoms with Crippen LogP contribution >= 0.6 is 11.6 Å². The minimum absolute atomic E-state index is 0.348. The number of hydrogen-bond acceptors (Lipinski definition) is 2. The van der Waals surface area contributed by atoms with E-state index in [-0.39, 0.29) is 0 Å². The summed E-state index contributed by atoms with van der Waals surface area (Å²) in [7, 11) is 0. The van der Waals surface area contributed by atoms with Crippen LogP contribution in [0.3, 0.4) is 0 Å². The number of benzene rings is 1. The molecule has 17 heavy (non-hydrogen) atoms. The Bertz CT molecular complexity index is 372. The Kier molecular flexibility index (Phi) is 4.30. The average Bonchev–Trinajstić information content (AvgIpc) is 2.56. The first-order valence-corrected chi connectivity index (χ1v) is 6.79. The largest absolute Gasteiger partial charge is 0.398 e. The molecule has 0 saturated heterocycles. The minimum atomic E-state index is -0.439. The van der Waals surface area contributed by atoms with Gasteiger partial charge in [-0.1, -0.05) is 43.4 Å². The molecule has 1 saturated carbocycles. The lowest BCUT2D eigenvalue weighted by atomic mass is 9.89. The Hall–Kier alpha value is -0.730. The fraction of sp³-hybridized carbons (Fsp3) is 0.571. The van der Waals surface area contributed by atoms with Gasteiger partial charge in [-0.2, -0.15) is 0 Å². The molecular formula is C14H20ClNO. The molecule has 3 heteroatoms. The Morgan fingerprint density at radius 2 is 1.82 bits per heavy atom. The molecule has 1 aliphatic rings. The van der Waals surface area contributed by atoms with Crippen molar-refractivity contribution < 1.29 is 5.11 Å². The molecule has 0 aliphatic heterocycles. The molecule has 2 rings (SSSR count). The third-order valence-electron chi connectivity index (χ3n) is 3.71. The van der Waals surface area contributed by atoms with Crippen LogP contribution in [-0.4, -0.2) is 5.11 Å². The zero-order valence-corrected chi connectivity index (χ0v) is 10.8. The zero-order valence-electron chi connectivity index (χ0n) is 10.0. The smallest absolute Gasteiger partial charge is 0.0838 e. The molecule has 2 nitrogen and oxygen atoms in total. The standard InChI is InChI=1S/C14H20ClNO/c15-11-7-8-12(13(16)9-11)14(17)10-5-3-1-2-4-6-10/h7-10,14,17H,1-6,16H2. The summed E-state index contributed by atoms with van der Waals surface area (Å²) in [6.45, 7) is 0. The van der Waals surface area contributed by atoms with E-state index < -0.39 is 6.10 Å². The van der Waals surface area contributed by atoms with E-state index >= 15 is 0 Å². The summed E-state index contributed by atoms with van der Waals surface area (Å²) in [5, 5.41) is 11.0. The lowest BCUT2D eigenvalue weighted by Crippen LogP contribution is -2.13. The molecule has 0 aromatic heterocycles. The van der Waals surface area contributed by atoms with Crippen LogP contribution < -0.4 is 5.73 Å². The van der Waals surface area contributed by atoms with Crippen molar-refractivity contribution in [1.82, 2.24) is 0 Å². The Balaban J connectivity index is 2.14. The van der Waals surface area contributed by atoms with E-state index in [2.05, 4.69) is 0 Å². The van der Waals surface area contributed by atoms with Crippen molar-refractivity contribution in [1.29, 1.82) is 0 Å². The third kappa shape index (κ3) is 3.14. The zero-order chi connectivity index (χ0) is 12.3.